The lowest BCUT2D eigenvalue weighted by Crippen LogP contribution is -1.94. The van der Waals surface area contributed by atoms with Crippen LogP contribution in [0.3, 0.4) is 0 Å². The van der Waals surface area contributed by atoms with Crippen LogP contribution < -0.4 is 0 Å². The van der Waals surface area contributed by atoms with E-state index < -0.39 is 5.97 Å². The van der Waals surface area contributed by atoms with E-state index in [9.17, 15) is 9.90 Å². The van der Waals surface area contributed by atoms with E-state index in [4.69, 9.17) is 5.11 Å². The Balaban J connectivity index is 0.000000676. The average Bonchev–Trinajstić information content (AvgIpc) is 2.76. The summed E-state index contributed by atoms with van der Waals surface area (Å²) in [6.45, 7) is 10.6. The number of aliphatic carboxylic acids is 1. The Bertz CT molecular complexity index is 605. The number of hydrogen-bond donors (Lipinski definition) is 2. The Labute approximate surface area is 204 Å². The van der Waals surface area contributed by atoms with Gasteiger partial charge in [0.05, 0.1) is 0 Å². The molecule has 0 saturated carbocycles. The fourth-order valence-corrected chi connectivity index (χ4v) is 3.86. The Kier molecular flexibility index (Phi) is 19.7. The molecule has 0 aromatic heterocycles. The molecule has 0 radical (unpaired) electrons. The molecule has 0 unspecified atom stereocenters. The van der Waals surface area contributed by atoms with E-state index in [1.165, 1.54) is 70.6 Å². The zero-order valence-corrected chi connectivity index (χ0v) is 22.2. The highest BCUT2D eigenvalue weighted by atomic mass is 16.4. The van der Waals surface area contributed by atoms with Gasteiger partial charge < -0.3 is 10.2 Å². The highest BCUT2D eigenvalue weighted by Gasteiger charge is 2.11. The minimum absolute atomic E-state index is 0.332. The molecule has 0 aliphatic carbocycles. The van der Waals surface area contributed by atoms with E-state index in [1.807, 2.05) is 18.2 Å². The van der Waals surface area contributed by atoms with Crippen LogP contribution in [0.25, 0.3) is 0 Å². The molecule has 1 aromatic rings. The topological polar surface area (TPSA) is 57.5 Å². The van der Waals surface area contributed by atoms with Crippen molar-refractivity contribution in [1.29, 1.82) is 0 Å². The number of carbonyl (C=O) groups is 1. The third-order valence-electron chi connectivity index (χ3n) is 5.99. The molecule has 0 saturated heterocycles. The number of aromatic hydroxyl groups is 1. The summed E-state index contributed by atoms with van der Waals surface area (Å²) in [4.78, 5) is 10.3. The summed E-state index contributed by atoms with van der Waals surface area (Å²) in [5.41, 5.74) is 2.09. The third-order valence-corrected chi connectivity index (χ3v) is 5.99. The second kappa shape index (κ2) is 20.8. The van der Waals surface area contributed by atoms with Gasteiger partial charge in [0, 0.05) is 6.42 Å². The zero-order chi connectivity index (χ0) is 24.9. The molecular weight excluding hydrogens is 408 g/mol. The molecule has 2 N–H and O–H groups in total. The van der Waals surface area contributed by atoms with Gasteiger partial charge in [0.1, 0.15) is 5.75 Å². The molecular formula is C30H52O3. The van der Waals surface area contributed by atoms with Gasteiger partial charge in [0.2, 0.25) is 0 Å². The summed E-state index contributed by atoms with van der Waals surface area (Å²) < 4.78 is 0. The number of allylic oxidation sites excluding steroid dienone is 2. The first-order valence-corrected chi connectivity index (χ1v) is 13.5. The van der Waals surface area contributed by atoms with Gasteiger partial charge in [-0.3, -0.25) is 4.79 Å². The molecule has 0 amide bonds. The SMILES string of the molecule is CC(C)c1cccc(C(C)C)c1O.CCCCCCCC/C=C\CCCCCCCC(=O)O. The number of carboxylic acid groups (broad SMARTS) is 1. The van der Waals surface area contributed by atoms with Crippen molar-refractivity contribution in [3.8, 4) is 5.75 Å². The van der Waals surface area contributed by atoms with Crippen LogP contribution in [0.15, 0.2) is 30.4 Å². The Hall–Kier alpha value is -1.77. The third kappa shape index (κ3) is 17.4. The maximum Gasteiger partial charge on any atom is 0.303 e. The van der Waals surface area contributed by atoms with Crippen molar-refractivity contribution in [2.75, 3.05) is 0 Å². The van der Waals surface area contributed by atoms with Crippen LogP contribution in [-0.2, 0) is 4.79 Å². The molecule has 0 aliphatic heterocycles. The Morgan fingerprint density at radius 3 is 1.61 bits per heavy atom. The van der Waals surface area contributed by atoms with Crippen LogP contribution in [0, 0.1) is 0 Å². The summed E-state index contributed by atoms with van der Waals surface area (Å²) in [5.74, 6) is 0.590. The number of benzene rings is 1. The predicted octanol–water partition coefficient (Wildman–Crippen LogP) is 9.75. The Morgan fingerprint density at radius 2 is 1.18 bits per heavy atom. The predicted molar refractivity (Wildman–Crippen MR) is 143 cm³/mol. The molecule has 0 fully saturated rings. The molecule has 0 spiro atoms. The zero-order valence-electron chi connectivity index (χ0n) is 22.2. The number of rotatable bonds is 17. The van der Waals surface area contributed by atoms with Gasteiger partial charge in [-0.1, -0.05) is 116 Å². The van der Waals surface area contributed by atoms with Crippen LogP contribution >= 0.6 is 0 Å². The van der Waals surface area contributed by atoms with Crippen LogP contribution in [0.5, 0.6) is 5.75 Å². The van der Waals surface area contributed by atoms with Crippen molar-refractivity contribution in [2.45, 2.75) is 136 Å². The smallest absolute Gasteiger partial charge is 0.303 e. The van der Waals surface area contributed by atoms with E-state index in [0.29, 0.717) is 24.0 Å². The summed E-state index contributed by atoms with van der Waals surface area (Å²) in [7, 11) is 0. The lowest BCUT2D eigenvalue weighted by atomic mass is 9.94. The second-order valence-corrected chi connectivity index (χ2v) is 9.82. The monoisotopic (exact) mass is 460 g/mol. The van der Waals surface area contributed by atoms with Gasteiger partial charge in [-0.25, -0.2) is 0 Å². The second-order valence-electron chi connectivity index (χ2n) is 9.82. The van der Waals surface area contributed by atoms with Gasteiger partial charge in [-0.2, -0.15) is 0 Å². The number of carboxylic acids is 1. The summed E-state index contributed by atoms with van der Waals surface area (Å²) in [6.07, 6.45) is 21.2. The van der Waals surface area contributed by atoms with E-state index in [2.05, 4.69) is 46.8 Å². The van der Waals surface area contributed by atoms with Crippen LogP contribution in [-0.4, -0.2) is 16.2 Å². The lowest BCUT2D eigenvalue weighted by molar-refractivity contribution is -0.137. The largest absolute Gasteiger partial charge is 0.507 e. The van der Waals surface area contributed by atoms with Gasteiger partial charge in [0.15, 0.2) is 0 Å². The fourth-order valence-electron chi connectivity index (χ4n) is 3.86. The fraction of sp³-hybridized carbons (Fsp3) is 0.700. The van der Waals surface area contributed by atoms with E-state index >= 15 is 0 Å². The number of para-hydroxylation sites is 1. The molecule has 0 atom stereocenters. The van der Waals surface area contributed by atoms with Crippen molar-refractivity contribution in [2.24, 2.45) is 0 Å². The molecule has 33 heavy (non-hydrogen) atoms. The van der Waals surface area contributed by atoms with Gasteiger partial charge in [-0.15, -0.1) is 0 Å². The molecule has 3 heteroatoms. The summed E-state index contributed by atoms with van der Waals surface area (Å²) in [6, 6.07) is 6.00. The molecule has 3 nitrogen and oxygen atoms in total. The standard InChI is InChI=1S/C18H34O2.C12H18O/c1-2-3-4-5-6-7-8-9-10-11-12-13-14-15-16-17-18(19)20;1-8(2)10-6-5-7-11(9(3)4)12(10)13/h9-10H,2-8,11-17H2,1H3,(H,19,20);5-9,13H,1-4H3/b10-9-;. The maximum atomic E-state index is 10.3. The first-order chi connectivity index (χ1) is 15.8. The van der Waals surface area contributed by atoms with E-state index in [1.54, 1.807) is 0 Å². The van der Waals surface area contributed by atoms with Crippen molar-refractivity contribution in [1.82, 2.24) is 0 Å². The normalized spacial score (nSPS) is 11.2. The first kappa shape index (κ1) is 31.2. The maximum absolute atomic E-state index is 10.3. The number of hydrogen-bond acceptors (Lipinski definition) is 2. The van der Waals surface area contributed by atoms with Crippen molar-refractivity contribution in [3.63, 3.8) is 0 Å². The Morgan fingerprint density at radius 1 is 0.758 bits per heavy atom. The van der Waals surface area contributed by atoms with Crippen LogP contribution in [0.1, 0.15) is 147 Å². The van der Waals surface area contributed by atoms with Gasteiger partial charge in [-0.05, 0) is 55.1 Å². The minimum atomic E-state index is -0.664. The molecule has 0 bridgehead atoms. The quantitative estimate of drug-likeness (QED) is 0.180. The lowest BCUT2D eigenvalue weighted by Gasteiger charge is -2.14. The number of phenolic OH excluding ortho intramolecular Hbond substituents is 1. The van der Waals surface area contributed by atoms with Crippen molar-refractivity contribution < 1.29 is 15.0 Å². The van der Waals surface area contributed by atoms with Gasteiger partial charge in [0.25, 0.3) is 0 Å². The summed E-state index contributed by atoms with van der Waals surface area (Å²) in [5, 5.41) is 18.4. The molecule has 1 aromatic carbocycles. The minimum Gasteiger partial charge on any atom is -0.507 e. The van der Waals surface area contributed by atoms with Crippen molar-refractivity contribution >= 4 is 5.97 Å². The van der Waals surface area contributed by atoms with Crippen molar-refractivity contribution in [3.05, 3.63) is 41.5 Å². The highest BCUT2D eigenvalue weighted by molar-refractivity contribution is 5.66. The molecule has 0 aliphatic rings. The van der Waals surface area contributed by atoms with Crippen LogP contribution in [0.4, 0.5) is 0 Å². The number of phenols is 1. The van der Waals surface area contributed by atoms with Gasteiger partial charge >= 0.3 is 5.97 Å². The molecule has 190 valence electrons. The van der Waals surface area contributed by atoms with E-state index in [-0.39, 0.29) is 0 Å². The average molecular weight is 461 g/mol. The number of unbranched alkanes of at least 4 members (excludes halogenated alkanes) is 11. The van der Waals surface area contributed by atoms with E-state index in [0.717, 1.165) is 24.0 Å². The highest BCUT2D eigenvalue weighted by Crippen LogP contribution is 2.32. The molecule has 0 heterocycles. The summed E-state index contributed by atoms with van der Waals surface area (Å²) >= 11 is 0. The molecule has 1 rings (SSSR count). The first-order valence-electron chi connectivity index (χ1n) is 13.5. The van der Waals surface area contributed by atoms with Crippen LogP contribution in [0.2, 0.25) is 0 Å².